The Morgan fingerprint density at radius 1 is 1.35 bits per heavy atom. The van der Waals surface area contributed by atoms with Gasteiger partial charge in [-0.25, -0.2) is 9.78 Å². The number of carbonyl (C=O) groups excluding carboxylic acids is 2. The number of rotatable bonds is 5. The largest absolute Gasteiger partial charge is 0.445 e. The van der Waals surface area contributed by atoms with Gasteiger partial charge in [-0.15, -0.1) is 0 Å². The summed E-state index contributed by atoms with van der Waals surface area (Å²) in [7, 11) is 0. The number of halogens is 1. The number of benzene rings is 1. The number of hydrogen-bond donors (Lipinski definition) is 1. The maximum absolute atomic E-state index is 13.0. The van der Waals surface area contributed by atoms with Gasteiger partial charge < -0.3 is 10.1 Å². The fourth-order valence-electron chi connectivity index (χ4n) is 2.05. The predicted molar refractivity (Wildman–Crippen MR) is 95.2 cm³/mol. The van der Waals surface area contributed by atoms with E-state index in [0.717, 1.165) is 0 Å². The van der Waals surface area contributed by atoms with Crippen molar-refractivity contribution in [3.05, 3.63) is 59.1 Å². The molecular formula is C18H19ClN4O3. The second kappa shape index (κ2) is 8.62. The average Bonchev–Trinajstić information content (AvgIpc) is 2.84. The number of nitrogens with zero attached hydrogens (tertiary/aromatic N) is 3. The Morgan fingerprint density at radius 2 is 2.12 bits per heavy atom. The summed E-state index contributed by atoms with van der Waals surface area (Å²) in [4.78, 5) is 33.4. The van der Waals surface area contributed by atoms with Crippen LogP contribution in [0.4, 0.5) is 4.79 Å². The van der Waals surface area contributed by atoms with Gasteiger partial charge in [0.05, 0.1) is 13.6 Å². The quantitative estimate of drug-likeness (QED) is 0.860. The highest BCUT2D eigenvalue weighted by Crippen LogP contribution is 2.19. The molecule has 7 nitrogen and oxygen atoms in total. The minimum absolute atomic E-state index is 0.0684. The Labute approximate surface area is 166 Å². The van der Waals surface area contributed by atoms with Crippen LogP contribution in [-0.4, -0.2) is 39.4 Å². The van der Waals surface area contributed by atoms with E-state index in [9.17, 15) is 9.59 Å². The van der Waals surface area contributed by atoms with Crippen molar-refractivity contribution in [3.63, 3.8) is 0 Å². The van der Waals surface area contributed by atoms with Crippen molar-refractivity contribution in [3.8, 4) is 0 Å². The van der Waals surface area contributed by atoms with Crippen molar-refractivity contribution in [2.24, 2.45) is 0 Å². The summed E-state index contributed by atoms with van der Waals surface area (Å²) >= 11 is 5.88. The SMILES string of the molecule is [2H]C1([2H])N(C(=O)OCc2ccccc2)[C@]([2H])(C(=O)NCc2nccnc2Cl)C([2H])([2H])C1([2H])[2H]. The van der Waals surface area contributed by atoms with Crippen LogP contribution in [0.15, 0.2) is 42.7 Å². The van der Waals surface area contributed by atoms with Crippen molar-refractivity contribution in [1.29, 1.82) is 0 Å². The second-order valence-corrected chi connectivity index (χ2v) is 5.42. The minimum atomic E-state index is -3.48. The van der Waals surface area contributed by atoms with Crippen LogP contribution in [0.5, 0.6) is 0 Å². The molecule has 3 rings (SSSR count). The summed E-state index contributed by atoms with van der Waals surface area (Å²) in [5, 5.41) is 2.10. The molecule has 8 heteroatoms. The van der Waals surface area contributed by atoms with Gasteiger partial charge in [-0.3, -0.25) is 14.7 Å². The first-order chi connectivity index (χ1) is 15.3. The first kappa shape index (κ1) is 11.1. The highest BCUT2D eigenvalue weighted by atomic mass is 35.5. The number of hydrogen-bond acceptors (Lipinski definition) is 5. The Kier molecular flexibility index (Phi) is 3.69. The highest BCUT2D eigenvalue weighted by molar-refractivity contribution is 6.29. The molecule has 1 aliphatic rings. The van der Waals surface area contributed by atoms with Gasteiger partial charge in [0.15, 0.2) is 5.15 Å². The topological polar surface area (TPSA) is 84.4 Å². The Hall–Kier alpha value is -2.67. The zero-order chi connectivity index (χ0) is 24.7. The van der Waals surface area contributed by atoms with E-state index < -0.39 is 43.8 Å². The zero-order valence-corrected chi connectivity index (χ0v) is 14.2. The van der Waals surface area contributed by atoms with Crippen LogP contribution in [0, 0.1) is 0 Å². The smallest absolute Gasteiger partial charge is 0.410 e. The lowest BCUT2D eigenvalue weighted by atomic mass is 10.2. The first-order valence-electron chi connectivity index (χ1n) is 11.0. The number of likely N-dealkylation sites (tertiary alicyclic amines) is 1. The normalized spacial score (nSPS) is 29.0. The molecule has 1 aromatic carbocycles. The van der Waals surface area contributed by atoms with Gasteiger partial charge >= 0.3 is 6.09 Å². The van der Waals surface area contributed by atoms with E-state index in [1.165, 1.54) is 12.4 Å². The monoisotopic (exact) mass is 381 g/mol. The summed E-state index contributed by atoms with van der Waals surface area (Å²) in [5.41, 5.74) is 0.577. The van der Waals surface area contributed by atoms with Crippen LogP contribution in [0.2, 0.25) is 5.15 Å². The molecule has 2 aromatic rings. The number of nitrogens with one attached hydrogen (secondary N) is 1. The third kappa shape index (κ3) is 4.49. The lowest BCUT2D eigenvalue weighted by Crippen LogP contribution is -2.46. The Bertz CT molecular complexity index is 1060. The van der Waals surface area contributed by atoms with Crippen molar-refractivity contribution in [1.82, 2.24) is 20.2 Å². The maximum atomic E-state index is 13.0. The van der Waals surface area contributed by atoms with E-state index in [1.807, 2.05) is 0 Å². The molecule has 0 aliphatic carbocycles. The molecule has 0 unspecified atom stereocenters. The molecule has 0 saturated carbocycles. The number of ether oxygens (including phenoxy) is 1. The summed E-state index contributed by atoms with van der Waals surface area (Å²) in [6.45, 7) is -4.21. The van der Waals surface area contributed by atoms with E-state index in [2.05, 4.69) is 15.3 Å². The number of aromatic nitrogens is 2. The van der Waals surface area contributed by atoms with Crippen molar-refractivity contribution >= 4 is 23.6 Å². The molecular weight excluding hydrogens is 356 g/mol. The molecule has 1 aromatic heterocycles. The van der Waals surface area contributed by atoms with Crippen LogP contribution in [0.3, 0.4) is 0 Å². The van der Waals surface area contributed by atoms with Crippen LogP contribution >= 0.6 is 11.6 Å². The summed E-state index contributed by atoms with van der Waals surface area (Å²) < 4.78 is 62.2. The van der Waals surface area contributed by atoms with Crippen molar-refractivity contribution in [2.45, 2.75) is 31.9 Å². The van der Waals surface area contributed by atoms with Gasteiger partial charge in [0.2, 0.25) is 5.91 Å². The molecule has 1 atom stereocenters. The molecule has 136 valence electrons. The third-order valence-electron chi connectivity index (χ3n) is 3.31. The van der Waals surface area contributed by atoms with Gasteiger partial charge in [-0.05, 0) is 18.3 Å². The van der Waals surface area contributed by atoms with Gasteiger partial charge in [0, 0.05) is 27.1 Å². The van der Waals surface area contributed by atoms with E-state index in [-0.39, 0.29) is 22.4 Å². The van der Waals surface area contributed by atoms with E-state index in [1.54, 1.807) is 30.3 Å². The van der Waals surface area contributed by atoms with Crippen LogP contribution in [0.1, 0.15) is 33.6 Å². The molecule has 0 bridgehead atoms. The van der Waals surface area contributed by atoms with Gasteiger partial charge in [0.25, 0.3) is 0 Å². The standard InChI is InChI=1S/C18H19ClN4O3/c19-16-14(20-8-9-21-16)11-22-17(24)15-7-4-10-23(15)18(25)26-12-13-5-2-1-3-6-13/h1-3,5-6,8-9,15H,4,7,10-12H2,(H,22,24)/t15-/m0/s1/i4D2,7D2,10D2,15D. The van der Waals surface area contributed by atoms with Crippen molar-refractivity contribution < 1.29 is 23.9 Å². The fourth-order valence-corrected chi connectivity index (χ4v) is 2.22. The molecule has 1 N–H and O–H groups in total. The first-order valence-corrected chi connectivity index (χ1v) is 7.91. The average molecular weight is 382 g/mol. The predicted octanol–water partition coefficient (Wildman–Crippen LogP) is 2.55. The van der Waals surface area contributed by atoms with Gasteiger partial charge in [0.1, 0.15) is 12.6 Å². The van der Waals surface area contributed by atoms with Crippen LogP contribution in [-0.2, 0) is 22.7 Å². The lowest BCUT2D eigenvalue weighted by Gasteiger charge is -2.23. The van der Waals surface area contributed by atoms with E-state index in [0.29, 0.717) is 5.56 Å². The molecule has 2 heterocycles. The Morgan fingerprint density at radius 3 is 2.88 bits per heavy atom. The number of amides is 2. The molecule has 0 radical (unpaired) electrons. The third-order valence-corrected chi connectivity index (χ3v) is 3.63. The van der Waals surface area contributed by atoms with Crippen molar-refractivity contribution in [2.75, 3.05) is 6.50 Å². The zero-order valence-electron chi connectivity index (χ0n) is 20.4. The molecule has 2 amide bonds. The minimum Gasteiger partial charge on any atom is -0.445 e. The van der Waals surface area contributed by atoms with Gasteiger partial charge in [-0.2, -0.15) is 0 Å². The highest BCUT2D eigenvalue weighted by Gasteiger charge is 2.35. The molecule has 0 spiro atoms. The molecule has 1 fully saturated rings. The van der Waals surface area contributed by atoms with E-state index >= 15 is 0 Å². The molecule has 26 heavy (non-hydrogen) atoms. The van der Waals surface area contributed by atoms with Gasteiger partial charge in [-0.1, -0.05) is 41.9 Å². The van der Waals surface area contributed by atoms with Crippen LogP contribution < -0.4 is 5.32 Å². The second-order valence-electron chi connectivity index (χ2n) is 5.06. The molecule has 1 saturated heterocycles. The summed E-state index contributed by atoms with van der Waals surface area (Å²) in [6.07, 6.45) is -5.93. The summed E-state index contributed by atoms with van der Waals surface area (Å²) in [6, 6.07) is 4.88. The van der Waals surface area contributed by atoms with E-state index in [4.69, 9.17) is 25.9 Å². The lowest BCUT2D eigenvalue weighted by molar-refractivity contribution is -0.125. The number of carbonyl (C=O) groups is 2. The fraction of sp³-hybridized carbons (Fsp3) is 0.333. The van der Waals surface area contributed by atoms with Crippen LogP contribution in [0.25, 0.3) is 0 Å². The summed E-state index contributed by atoms with van der Waals surface area (Å²) in [5.74, 6) is -1.49. The molecule has 1 aliphatic heterocycles. The Balaban J connectivity index is 1.94. The maximum Gasteiger partial charge on any atom is 0.410 e.